The molecule has 1 aromatic rings. The lowest BCUT2D eigenvalue weighted by Gasteiger charge is -2.19. The van der Waals surface area contributed by atoms with E-state index >= 15 is 0 Å². The van der Waals surface area contributed by atoms with Crippen molar-refractivity contribution >= 4 is 29.2 Å². The number of urea groups is 1. The number of imide groups is 1. The van der Waals surface area contributed by atoms with Crippen LogP contribution in [0, 0.1) is 0 Å². The molecule has 1 aromatic carbocycles. The lowest BCUT2D eigenvalue weighted by molar-refractivity contribution is -0.119. The summed E-state index contributed by atoms with van der Waals surface area (Å²) < 4.78 is 5.14. The van der Waals surface area contributed by atoms with Gasteiger partial charge in [0.2, 0.25) is 5.91 Å². The second-order valence-corrected chi connectivity index (χ2v) is 3.90. The molecule has 0 saturated carbocycles. The second-order valence-electron chi connectivity index (χ2n) is 3.52. The van der Waals surface area contributed by atoms with E-state index < -0.39 is 11.9 Å². The summed E-state index contributed by atoms with van der Waals surface area (Å²) in [4.78, 5) is 24.4. The quantitative estimate of drug-likeness (QED) is 0.852. The number of amides is 3. The third-order valence-corrected chi connectivity index (χ3v) is 2.51. The number of alkyl halides is 1. The molecule has 1 N–H and O–H groups in total. The molecule has 0 atom stereocenters. The highest BCUT2D eigenvalue weighted by Crippen LogP contribution is 2.26. The van der Waals surface area contributed by atoms with Gasteiger partial charge in [0.25, 0.3) is 0 Å². The Kier molecular flexibility index (Phi) is 5.45. The Hall–Kier alpha value is -1.75. The summed E-state index contributed by atoms with van der Waals surface area (Å²) in [5, 5.41) is 2.24. The normalized spacial score (nSPS) is 9.72. The summed E-state index contributed by atoms with van der Waals surface area (Å²) in [6.45, 7) is 0. The summed E-state index contributed by atoms with van der Waals surface area (Å²) in [7, 11) is 3.07. The van der Waals surface area contributed by atoms with Gasteiger partial charge in [0.05, 0.1) is 12.8 Å². The summed E-state index contributed by atoms with van der Waals surface area (Å²) in [6, 6.07) is 6.52. The van der Waals surface area contributed by atoms with Gasteiger partial charge in [0.15, 0.2) is 0 Å². The van der Waals surface area contributed by atoms with Crippen molar-refractivity contribution in [3.63, 3.8) is 0 Å². The van der Waals surface area contributed by atoms with Gasteiger partial charge in [0.1, 0.15) is 5.75 Å². The minimum absolute atomic E-state index is 0.104. The molecule has 0 saturated heterocycles. The Labute approximate surface area is 111 Å². The average Bonchev–Trinajstić information content (AvgIpc) is 2.38. The standard InChI is InChI=1S/C12H15ClN2O3/c1-15(12(17)14-11(16)7-8-13)9-5-3-4-6-10(9)18-2/h3-6H,7-8H2,1-2H3,(H,14,16,17). The predicted octanol–water partition coefficient (Wildman–Crippen LogP) is 2.00. The van der Waals surface area contributed by atoms with Crippen LogP contribution >= 0.6 is 11.6 Å². The Bertz CT molecular complexity index is 437. The van der Waals surface area contributed by atoms with Gasteiger partial charge in [-0.1, -0.05) is 12.1 Å². The zero-order valence-electron chi connectivity index (χ0n) is 10.3. The Morgan fingerprint density at radius 2 is 2.06 bits per heavy atom. The first-order valence-electron chi connectivity index (χ1n) is 5.36. The monoisotopic (exact) mass is 270 g/mol. The van der Waals surface area contributed by atoms with Gasteiger partial charge in [0, 0.05) is 19.3 Å². The minimum atomic E-state index is -0.519. The van der Waals surface area contributed by atoms with Gasteiger partial charge >= 0.3 is 6.03 Å². The van der Waals surface area contributed by atoms with E-state index in [9.17, 15) is 9.59 Å². The zero-order chi connectivity index (χ0) is 13.5. The van der Waals surface area contributed by atoms with E-state index in [4.69, 9.17) is 16.3 Å². The summed E-state index contributed by atoms with van der Waals surface area (Å²) >= 11 is 5.42. The summed E-state index contributed by atoms with van der Waals surface area (Å²) in [5.74, 6) is 0.328. The van der Waals surface area contributed by atoms with Crippen molar-refractivity contribution in [2.45, 2.75) is 6.42 Å². The minimum Gasteiger partial charge on any atom is -0.495 e. The molecule has 1 rings (SSSR count). The third kappa shape index (κ3) is 3.63. The molecule has 3 amide bonds. The topological polar surface area (TPSA) is 58.6 Å². The number of carbonyl (C=O) groups excluding carboxylic acids is 2. The van der Waals surface area contributed by atoms with Crippen LogP contribution in [0.15, 0.2) is 24.3 Å². The molecule has 0 spiro atoms. The molecule has 0 heterocycles. The number of rotatable bonds is 4. The Morgan fingerprint density at radius 1 is 1.39 bits per heavy atom. The van der Waals surface area contributed by atoms with E-state index in [0.717, 1.165) is 0 Å². The molecule has 18 heavy (non-hydrogen) atoms. The van der Waals surface area contributed by atoms with Crippen molar-refractivity contribution < 1.29 is 14.3 Å². The lowest BCUT2D eigenvalue weighted by atomic mass is 10.3. The maximum Gasteiger partial charge on any atom is 0.328 e. The van der Waals surface area contributed by atoms with E-state index in [1.54, 1.807) is 31.3 Å². The van der Waals surface area contributed by atoms with Gasteiger partial charge < -0.3 is 4.74 Å². The highest BCUT2D eigenvalue weighted by atomic mass is 35.5. The zero-order valence-corrected chi connectivity index (χ0v) is 11.0. The van der Waals surface area contributed by atoms with Gasteiger partial charge in [-0.2, -0.15) is 0 Å². The molecule has 0 aliphatic heterocycles. The summed E-state index contributed by atoms with van der Waals surface area (Å²) in [5.41, 5.74) is 0.580. The van der Waals surface area contributed by atoms with Gasteiger partial charge in [-0.25, -0.2) is 4.79 Å². The number of methoxy groups -OCH3 is 1. The molecule has 0 fully saturated rings. The molecule has 98 valence electrons. The maximum absolute atomic E-state index is 11.8. The van der Waals surface area contributed by atoms with Crippen LogP contribution in [0.5, 0.6) is 5.75 Å². The van der Waals surface area contributed by atoms with Crippen molar-refractivity contribution in [3.8, 4) is 5.75 Å². The van der Waals surface area contributed by atoms with Crippen LogP contribution in [0.3, 0.4) is 0 Å². The number of carbonyl (C=O) groups is 2. The predicted molar refractivity (Wildman–Crippen MR) is 70.3 cm³/mol. The number of anilines is 1. The van der Waals surface area contributed by atoms with Crippen LogP contribution in [0.1, 0.15) is 6.42 Å². The second kappa shape index (κ2) is 6.86. The first kappa shape index (κ1) is 14.3. The van der Waals surface area contributed by atoms with Gasteiger partial charge in [-0.05, 0) is 12.1 Å². The van der Waals surface area contributed by atoms with Crippen molar-refractivity contribution in [1.82, 2.24) is 5.32 Å². The fourth-order valence-corrected chi connectivity index (χ4v) is 1.54. The Balaban J connectivity index is 2.77. The molecule has 0 unspecified atom stereocenters. The Morgan fingerprint density at radius 3 is 2.67 bits per heavy atom. The van der Waals surface area contributed by atoms with Crippen molar-refractivity contribution in [2.75, 3.05) is 24.9 Å². The molecule has 0 aliphatic carbocycles. The molecule has 0 aliphatic rings. The molecule has 5 nitrogen and oxygen atoms in total. The van der Waals surface area contributed by atoms with Crippen molar-refractivity contribution in [3.05, 3.63) is 24.3 Å². The highest BCUT2D eigenvalue weighted by molar-refractivity contribution is 6.19. The maximum atomic E-state index is 11.8. The first-order chi connectivity index (χ1) is 8.60. The van der Waals surface area contributed by atoms with E-state index in [-0.39, 0.29) is 12.3 Å². The van der Waals surface area contributed by atoms with Gasteiger partial charge in [-0.15, -0.1) is 11.6 Å². The molecule has 6 heteroatoms. The number of nitrogens with one attached hydrogen (secondary N) is 1. The number of halogens is 1. The molecule has 0 radical (unpaired) electrons. The lowest BCUT2D eigenvalue weighted by Crippen LogP contribution is -2.41. The van der Waals surface area contributed by atoms with Crippen LogP contribution in [0.2, 0.25) is 0 Å². The molecule has 0 bridgehead atoms. The van der Waals surface area contributed by atoms with Crippen molar-refractivity contribution in [1.29, 1.82) is 0 Å². The van der Waals surface area contributed by atoms with E-state index in [2.05, 4.69) is 5.32 Å². The van der Waals surface area contributed by atoms with Crippen molar-refractivity contribution in [2.24, 2.45) is 0 Å². The molecular weight excluding hydrogens is 256 g/mol. The average molecular weight is 271 g/mol. The fourth-order valence-electron chi connectivity index (χ4n) is 1.37. The number of para-hydroxylation sites is 2. The first-order valence-corrected chi connectivity index (χ1v) is 5.90. The van der Waals surface area contributed by atoms with Crippen LogP contribution in [-0.4, -0.2) is 32.0 Å². The summed E-state index contributed by atoms with van der Waals surface area (Å²) in [6.07, 6.45) is 0.104. The van der Waals surface area contributed by atoms with E-state index in [0.29, 0.717) is 11.4 Å². The number of hydrogen-bond acceptors (Lipinski definition) is 3. The SMILES string of the molecule is COc1ccccc1N(C)C(=O)NC(=O)CCCl. The number of benzene rings is 1. The highest BCUT2D eigenvalue weighted by Gasteiger charge is 2.16. The fraction of sp³-hybridized carbons (Fsp3) is 0.333. The van der Waals surface area contributed by atoms with E-state index in [1.165, 1.54) is 12.0 Å². The molecular formula is C12H15ClN2O3. The third-order valence-electron chi connectivity index (χ3n) is 2.32. The van der Waals surface area contributed by atoms with Crippen LogP contribution in [0.4, 0.5) is 10.5 Å². The van der Waals surface area contributed by atoms with Gasteiger partial charge in [-0.3, -0.25) is 15.0 Å². The number of hydrogen-bond donors (Lipinski definition) is 1. The largest absolute Gasteiger partial charge is 0.495 e. The number of ether oxygens (including phenoxy) is 1. The number of nitrogens with zero attached hydrogens (tertiary/aromatic N) is 1. The smallest absolute Gasteiger partial charge is 0.328 e. The van der Waals surface area contributed by atoms with E-state index in [1.807, 2.05) is 0 Å². The van der Waals surface area contributed by atoms with Crippen LogP contribution in [0.25, 0.3) is 0 Å². The van der Waals surface area contributed by atoms with Crippen LogP contribution in [-0.2, 0) is 4.79 Å². The van der Waals surface area contributed by atoms with Crippen LogP contribution < -0.4 is 15.0 Å². The molecule has 0 aromatic heterocycles.